The average Bonchev–Trinajstić information content (AvgIpc) is 3.26. The summed E-state index contributed by atoms with van der Waals surface area (Å²) in [7, 11) is 0. The molecule has 0 atom stereocenters. The van der Waals surface area contributed by atoms with Gasteiger partial charge in [-0.05, 0) is 87.0 Å². The monoisotopic (exact) mass is 805 g/mol. The molecule has 6 aromatic rings. The van der Waals surface area contributed by atoms with Crippen molar-refractivity contribution in [2.45, 2.75) is 65.9 Å². The predicted octanol–water partition coefficient (Wildman–Crippen LogP) is 12.0. The molecular weight excluding hydrogens is 743 g/mol. The van der Waals surface area contributed by atoms with Gasteiger partial charge in [-0.1, -0.05) is 188 Å². The first-order valence-corrected chi connectivity index (χ1v) is 22.7. The normalized spacial score (nSPS) is 12.5. The second-order valence-corrected chi connectivity index (χ2v) is 20.4. The van der Waals surface area contributed by atoms with E-state index in [1.54, 1.807) is 0 Å². The first-order valence-electron chi connectivity index (χ1n) is 21.1. The molecule has 0 unspecified atom stereocenters. The Bertz CT molecular complexity index is 1700. The minimum absolute atomic E-state index is 0.154. The summed E-state index contributed by atoms with van der Waals surface area (Å²) >= 11 is 4.17. The summed E-state index contributed by atoms with van der Waals surface area (Å²) < 4.78 is -1.13. The third-order valence-electron chi connectivity index (χ3n) is 10.8. The van der Waals surface area contributed by atoms with Crippen molar-refractivity contribution in [2.75, 3.05) is 39.3 Å². The van der Waals surface area contributed by atoms with Crippen molar-refractivity contribution >= 4 is 23.5 Å². The van der Waals surface area contributed by atoms with E-state index >= 15 is 0 Å². The third kappa shape index (κ3) is 10.9. The lowest BCUT2D eigenvalue weighted by molar-refractivity contribution is 0.238. The lowest BCUT2D eigenvalue weighted by atomic mass is 9.84. The Balaban J connectivity index is 1.37. The van der Waals surface area contributed by atoms with Gasteiger partial charge in [-0.3, -0.25) is 4.90 Å². The van der Waals surface area contributed by atoms with Gasteiger partial charge in [-0.25, -0.2) is 0 Å². The van der Waals surface area contributed by atoms with E-state index in [9.17, 15) is 0 Å². The van der Waals surface area contributed by atoms with Crippen LogP contribution in [-0.2, 0) is 9.49 Å². The van der Waals surface area contributed by atoms with Gasteiger partial charge in [0.2, 0.25) is 0 Å². The molecule has 0 heterocycles. The summed E-state index contributed by atoms with van der Waals surface area (Å²) in [5.41, 5.74) is 13.6. The predicted molar refractivity (Wildman–Crippen MR) is 254 cm³/mol. The fourth-order valence-electron chi connectivity index (χ4n) is 8.51. The Hall–Kier alpha value is -4.10. The standard InChI is InChI=1S/C53H63N3S2/c1-50(2,57-52(44-26-12-5-13-27-44,45-28-14-6-15-29-45)46-30-16-7-17-31-46)42-56(41-40-55-39-25-11-24-38-54)43-51(3,4)58-53(47-32-18-8-19-33-47,48-34-20-9-21-35-48)49-36-22-10-23-37-49/h5-10,12-23,26-37,55H,11,24-25,38-43,54H2,1-4H3. The van der Waals surface area contributed by atoms with Gasteiger partial charge in [0.1, 0.15) is 0 Å². The van der Waals surface area contributed by atoms with Crippen molar-refractivity contribution in [1.29, 1.82) is 0 Å². The fraction of sp³-hybridized carbons (Fsp3) is 0.321. The Morgan fingerprint density at radius 3 is 0.983 bits per heavy atom. The summed E-state index contributed by atoms with van der Waals surface area (Å²) in [6, 6.07) is 66.8. The van der Waals surface area contributed by atoms with Crippen molar-refractivity contribution < 1.29 is 0 Å². The molecule has 3 N–H and O–H groups in total. The molecule has 0 amide bonds. The zero-order valence-corrected chi connectivity index (χ0v) is 36.7. The van der Waals surface area contributed by atoms with E-state index in [1.165, 1.54) is 39.8 Å². The molecular formula is C53H63N3S2. The van der Waals surface area contributed by atoms with E-state index in [4.69, 9.17) is 5.73 Å². The molecule has 0 aliphatic rings. The molecule has 0 aromatic heterocycles. The van der Waals surface area contributed by atoms with Crippen LogP contribution in [0.15, 0.2) is 182 Å². The highest BCUT2D eigenvalue weighted by atomic mass is 32.2. The largest absolute Gasteiger partial charge is 0.330 e. The van der Waals surface area contributed by atoms with Crippen LogP contribution in [0.5, 0.6) is 0 Å². The fourth-order valence-corrected chi connectivity index (χ4v) is 12.2. The van der Waals surface area contributed by atoms with Crippen molar-refractivity contribution in [3.05, 3.63) is 215 Å². The van der Waals surface area contributed by atoms with Crippen LogP contribution in [0.4, 0.5) is 0 Å². The highest BCUT2D eigenvalue weighted by Gasteiger charge is 2.45. The van der Waals surface area contributed by atoms with Gasteiger partial charge in [0.05, 0.1) is 9.49 Å². The van der Waals surface area contributed by atoms with Gasteiger partial charge in [0.25, 0.3) is 0 Å². The minimum Gasteiger partial charge on any atom is -0.330 e. The van der Waals surface area contributed by atoms with E-state index < -0.39 is 9.49 Å². The molecule has 0 aliphatic carbocycles. The van der Waals surface area contributed by atoms with Crippen LogP contribution in [0.1, 0.15) is 80.3 Å². The molecule has 3 nitrogen and oxygen atoms in total. The number of thioether (sulfide) groups is 2. The molecule has 6 aromatic carbocycles. The van der Waals surface area contributed by atoms with Gasteiger partial charge in [-0.15, -0.1) is 23.5 Å². The molecule has 0 bridgehead atoms. The van der Waals surface area contributed by atoms with Crippen LogP contribution in [0.25, 0.3) is 0 Å². The summed E-state index contributed by atoms with van der Waals surface area (Å²) in [4.78, 5) is 2.74. The highest BCUT2D eigenvalue weighted by molar-refractivity contribution is 8.02. The maximum atomic E-state index is 5.81. The Labute approximate surface area is 358 Å². The summed E-state index contributed by atoms with van der Waals surface area (Å²) in [5.74, 6) is 0. The van der Waals surface area contributed by atoms with Crippen LogP contribution >= 0.6 is 23.5 Å². The SMILES string of the molecule is CC(C)(CN(CCNCCCCCN)CC(C)(C)SC(c1ccccc1)(c1ccccc1)c1ccccc1)SC(c1ccccc1)(c1ccccc1)c1ccccc1. The summed E-state index contributed by atoms with van der Waals surface area (Å²) in [6.07, 6.45) is 3.41. The molecule has 0 radical (unpaired) electrons. The number of benzene rings is 6. The number of nitrogens with one attached hydrogen (secondary N) is 1. The second kappa shape index (κ2) is 20.7. The van der Waals surface area contributed by atoms with Gasteiger partial charge in [0, 0.05) is 35.7 Å². The number of nitrogens with zero attached hydrogens (tertiary/aromatic N) is 1. The highest BCUT2D eigenvalue weighted by Crippen LogP contribution is 2.55. The van der Waals surface area contributed by atoms with E-state index in [-0.39, 0.29) is 9.49 Å². The Kier molecular flexibility index (Phi) is 15.5. The van der Waals surface area contributed by atoms with E-state index in [0.717, 1.165) is 52.1 Å². The molecule has 5 heteroatoms. The summed E-state index contributed by atoms with van der Waals surface area (Å²) in [6.45, 7) is 15.3. The molecule has 58 heavy (non-hydrogen) atoms. The number of hydrogen-bond acceptors (Lipinski definition) is 5. The number of hydrogen-bond donors (Lipinski definition) is 2. The maximum absolute atomic E-state index is 5.81. The van der Waals surface area contributed by atoms with Crippen molar-refractivity contribution in [1.82, 2.24) is 10.2 Å². The summed E-state index contributed by atoms with van der Waals surface area (Å²) in [5, 5.41) is 3.80. The second-order valence-electron chi connectivity index (χ2n) is 16.6. The number of unbranched alkanes of at least 4 members (excludes halogenated alkanes) is 2. The molecule has 0 aliphatic heterocycles. The zero-order valence-electron chi connectivity index (χ0n) is 35.0. The average molecular weight is 806 g/mol. The van der Waals surface area contributed by atoms with Gasteiger partial charge < -0.3 is 11.1 Å². The van der Waals surface area contributed by atoms with Crippen LogP contribution < -0.4 is 11.1 Å². The van der Waals surface area contributed by atoms with E-state index in [2.05, 4.69) is 243 Å². The molecule has 302 valence electrons. The lowest BCUT2D eigenvalue weighted by Crippen LogP contribution is -2.48. The van der Waals surface area contributed by atoms with Crippen LogP contribution in [0.3, 0.4) is 0 Å². The number of nitrogens with two attached hydrogens (primary N) is 1. The van der Waals surface area contributed by atoms with Crippen LogP contribution in [-0.4, -0.2) is 53.7 Å². The van der Waals surface area contributed by atoms with Gasteiger partial charge in [-0.2, -0.15) is 0 Å². The molecule has 0 spiro atoms. The van der Waals surface area contributed by atoms with E-state index in [1.807, 2.05) is 0 Å². The first-order chi connectivity index (χ1) is 28.2. The first kappa shape index (κ1) is 43.5. The van der Waals surface area contributed by atoms with Crippen LogP contribution in [0, 0.1) is 0 Å². The molecule has 0 fully saturated rings. The molecule has 6 rings (SSSR count). The van der Waals surface area contributed by atoms with Gasteiger partial charge >= 0.3 is 0 Å². The Morgan fingerprint density at radius 2 is 0.707 bits per heavy atom. The Morgan fingerprint density at radius 1 is 0.414 bits per heavy atom. The van der Waals surface area contributed by atoms with Gasteiger partial charge in [0.15, 0.2) is 0 Å². The zero-order chi connectivity index (χ0) is 40.7. The van der Waals surface area contributed by atoms with Crippen molar-refractivity contribution in [3.8, 4) is 0 Å². The van der Waals surface area contributed by atoms with Crippen molar-refractivity contribution in [3.63, 3.8) is 0 Å². The topological polar surface area (TPSA) is 41.3 Å². The van der Waals surface area contributed by atoms with Crippen molar-refractivity contribution in [2.24, 2.45) is 5.73 Å². The minimum atomic E-state index is -0.409. The van der Waals surface area contributed by atoms with Crippen LogP contribution in [0.2, 0.25) is 0 Å². The molecule has 0 saturated carbocycles. The molecule has 0 saturated heterocycles. The smallest absolute Gasteiger partial charge is 0.0912 e. The third-order valence-corrected chi connectivity index (χ3v) is 14.2. The number of rotatable bonds is 22. The maximum Gasteiger partial charge on any atom is 0.0912 e. The van der Waals surface area contributed by atoms with E-state index in [0.29, 0.717) is 0 Å². The quantitative estimate of drug-likeness (QED) is 0.0528. The lowest BCUT2D eigenvalue weighted by Gasteiger charge is -2.46.